The molecule has 0 bridgehead atoms. The molecule has 28 heavy (non-hydrogen) atoms. The van der Waals surface area contributed by atoms with Crippen molar-refractivity contribution < 1.29 is 31.3 Å². The van der Waals surface area contributed by atoms with Crippen LogP contribution in [0.2, 0.25) is 5.02 Å². The van der Waals surface area contributed by atoms with E-state index in [4.69, 9.17) is 11.6 Å². The fraction of sp³-hybridized carbons (Fsp3) is 0.133. The summed E-state index contributed by atoms with van der Waals surface area (Å²) in [5.74, 6) is -1.07. The Bertz CT molecular complexity index is 1030. The quantitative estimate of drug-likeness (QED) is 0.397. The number of carbonyl (C=O) groups excluding carboxylic acids is 1. The van der Waals surface area contributed by atoms with Gasteiger partial charge in [0.05, 0.1) is 31.2 Å². The van der Waals surface area contributed by atoms with Crippen LogP contribution in [0.4, 0.5) is 24.5 Å². The largest absolute Gasteiger partial charge is 0.501 e. The minimum Gasteiger partial charge on any atom is -0.324 e. The first-order valence-electron chi connectivity index (χ1n) is 7.20. The lowest BCUT2D eigenvalue weighted by molar-refractivity contribution is -0.387. The lowest BCUT2D eigenvalue weighted by Crippen LogP contribution is -2.23. The summed E-state index contributed by atoms with van der Waals surface area (Å²) < 4.78 is 60.9. The Labute approximate surface area is 165 Å². The standard InChI is InChI=1S/C15H10ClF3N2O5S2/c16-10-6-5-9(28(25,26)15(17,18)19)7-11(10)20-14(22)8-27-13-4-2-1-3-12(13)21(23)24/h1-7H,8H2,(H,20,22). The van der Waals surface area contributed by atoms with Crippen molar-refractivity contribution in [2.45, 2.75) is 15.3 Å². The number of halogens is 4. The minimum atomic E-state index is -5.61. The fourth-order valence-corrected chi connectivity index (χ4v) is 3.74. The van der Waals surface area contributed by atoms with E-state index < -0.39 is 31.1 Å². The molecule has 0 aliphatic heterocycles. The molecule has 2 rings (SSSR count). The first-order valence-corrected chi connectivity index (χ1v) is 10.0. The second-order valence-electron chi connectivity index (χ2n) is 5.15. The van der Waals surface area contributed by atoms with Gasteiger partial charge in [-0.1, -0.05) is 23.7 Å². The highest BCUT2D eigenvalue weighted by molar-refractivity contribution is 8.00. The molecule has 0 heterocycles. The molecule has 2 aromatic rings. The number of sulfone groups is 1. The number of anilines is 1. The fourth-order valence-electron chi connectivity index (χ4n) is 1.96. The predicted molar refractivity (Wildman–Crippen MR) is 97.1 cm³/mol. The van der Waals surface area contributed by atoms with E-state index in [0.29, 0.717) is 12.1 Å². The molecule has 150 valence electrons. The molecule has 0 unspecified atom stereocenters. The number of nitro benzene ring substituents is 1. The molecule has 2 aromatic carbocycles. The molecule has 7 nitrogen and oxygen atoms in total. The van der Waals surface area contributed by atoms with Crippen LogP contribution in [0, 0.1) is 10.1 Å². The van der Waals surface area contributed by atoms with Crippen LogP contribution in [-0.2, 0) is 14.6 Å². The molecule has 0 saturated carbocycles. The molecule has 0 saturated heterocycles. The Morgan fingerprint density at radius 1 is 1.21 bits per heavy atom. The normalized spacial score (nSPS) is 11.9. The maximum Gasteiger partial charge on any atom is 0.501 e. The summed E-state index contributed by atoms with van der Waals surface area (Å²) in [6, 6.07) is 7.85. The Kier molecular flexibility index (Phi) is 6.57. The third-order valence-corrected chi connectivity index (χ3v) is 6.12. The number of hydrogen-bond donors (Lipinski definition) is 1. The van der Waals surface area contributed by atoms with Crippen molar-refractivity contribution in [2.75, 3.05) is 11.1 Å². The molecule has 1 N–H and O–H groups in total. The molecule has 0 atom stereocenters. The molecule has 1 amide bonds. The van der Waals surface area contributed by atoms with Gasteiger partial charge in [-0.25, -0.2) is 8.42 Å². The average molecular weight is 455 g/mol. The maximum absolute atomic E-state index is 12.7. The van der Waals surface area contributed by atoms with E-state index >= 15 is 0 Å². The summed E-state index contributed by atoms with van der Waals surface area (Å²) in [6.07, 6.45) is 0. The second-order valence-corrected chi connectivity index (χ2v) is 8.52. The maximum atomic E-state index is 12.7. The SMILES string of the molecule is O=C(CSc1ccccc1[N+](=O)[O-])Nc1cc(S(=O)(=O)C(F)(F)F)ccc1Cl. The van der Waals surface area contributed by atoms with E-state index in [9.17, 15) is 36.5 Å². The molecule has 0 aliphatic carbocycles. The van der Waals surface area contributed by atoms with Gasteiger partial charge in [0.1, 0.15) is 0 Å². The number of benzene rings is 2. The highest BCUT2D eigenvalue weighted by Gasteiger charge is 2.47. The van der Waals surface area contributed by atoms with E-state index in [1.807, 2.05) is 0 Å². The highest BCUT2D eigenvalue weighted by atomic mass is 35.5. The summed E-state index contributed by atoms with van der Waals surface area (Å²) in [4.78, 5) is 21.5. The number of hydrogen-bond acceptors (Lipinski definition) is 6. The number of thioether (sulfide) groups is 1. The van der Waals surface area contributed by atoms with Crippen molar-refractivity contribution in [1.82, 2.24) is 0 Å². The third-order valence-electron chi connectivity index (χ3n) is 3.25. The van der Waals surface area contributed by atoms with Crippen LogP contribution in [0.25, 0.3) is 0 Å². The molecule has 0 aromatic heterocycles. The Hall–Kier alpha value is -2.31. The Morgan fingerprint density at radius 3 is 2.46 bits per heavy atom. The van der Waals surface area contributed by atoms with Crippen molar-refractivity contribution >= 4 is 50.5 Å². The van der Waals surface area contributed by atoms with Gasteiger partial charge in [0.25, 0.3) is 15.5 Å². The number of para-hydroxylation sites is 1. The number of alkyl halides is 3. The second kappa shape index (κ2) is 8.37. The van der Waals surface area contributed by atoms with Crippen LogP contribution in [-0.4, -0.2) is 30.5 Å². The van der Waals surface area contributed by atoms with Crippen molar-refractivity contribution in [1.29, 1.82) is 0 Å². The van der Waals surface area contributed by atoms with E-state index in [1.54, 1.807) is 0 Å². The number of amides is 1. The van der Waals surface area contributed by atoms with Crippen LogP contribution in [0.3, 0.4) is 0 Å². The zero-order valence-electron chi connectivity index (χ0n) is 13.6. The van der Waals surface area contributed by atoms with Crippen LogP contribution >= 0.6 is 23.4 Å². The first-order chi connectivity index (χ1) is 12.9. The summed E-state index contributed by atoms with van der Waals surface area (Å²) in [5.41, 5.74) is -6.05. The zero-order chi connectivity index (χ0) is 21.1. The van der Waals surface area contributed by atoms with Crippen molar-refractivity contribution in [3.05, 3.63) is 57.6 Å². The zero-order valence-corrected chi connectivity index (χ0v) is 16.0. The smallest absolute Gasteiger partial charge is 0.324 e. The first kappa shape index (κ1) is 22.0. The molecule has 13 heteroatoms. The van der Waals surface area contributed by atoms with Crippen LogP contribution < -0.4 is 5.32 Å². The van der Waals surface area contributed by atoms with Gasteiger partial charge in [0.2, 0.25) is 5.91 Å². The average Bonchev–Trinajstić information content (AvgIpc) is 2.61. The number of nitro groups is 1. The lowest BCUT2D eigenvalue weighted by Gasteiger charge is -2.12. The summed E-state index contributed by atoms with van der Waals surface area (Å²) >= 11 is 6.63. The summed E-state index contributed by atoms with van der Waals surface area (Å²) in [7, 11) is -5.61. The molecular formula is C15H10ClF3N2O5S2. The molecule has 0 spiro atoms. The topological polar surface area (TPSA) is 106 Å². The number of carbonyl (C=O) groups is 1. The van der Waals surface area contributed by atoms with Crippen molar-refractivity contribution in [3.63, 3.8) is 0 Å². The molecule has 0 aliphatic rings. The van der Waals surface area contributed by atoms with Crippen molar-refractivity contribution in [3.8, 4) is 0 Å². The van der Waals surface area contributed by atoms with Gasteiger partial charge in [-0.2, -0.15) is 13.2 Å². The minimum absolute atomic E-state index is 0.176. The molecular weight excluding hydrogens is 445 g/mol. The van der Waals surface area contributed by atoms with E-state index in [2.05, 4.69) is 5.32 Å². The number of nitrogens with zero attached hydrogens (tertiary/aromatic N) is 1. The summed E-state index contributed by atoms with van der Waals surface area (Å²) in [6.45, 7) is 0. The number of nitrogens with one attached hydrogen (secondary N) is 1. The van der Waals surface area contributed by atoms with Gasteiger partial charge in [-0.3, -0.25) is 14.9 Å². The van der Waals surface area contributed by atoms with Gasteiger partial charge in [-0.05, 0) is 24.3 Å². The lowest BCUT2D eigenvalue weighted by atomic mass is 10.3. The van der Waals surface area contributed by atoms with Crippen LogP contribution in [0.5, 0.6) is 0 Å². The van der Waals surface area contributed by atoms with E-state index in [-0.39, 0.29) is 27.0 Å². The third kappa shape index (κ3) is 4.94. The Morgan fingerprint density at radius 2 is 1.86 bits per heavy atom. The van der Waals surface area contributed by atoms with E-state index in [1.165, 1.54) is 24.3 Å². The van der Waals surface area contributed by atoms with Gasteiger partial charge in [0.15, 0.2) is 0 Å². The highest BCUT2D eigenvalue weighted by Crippen LogP contribution is 2.34. The van der Waals surface area contributed by atoms with Gasteiger partial charge < -0.3 is 5.32 Å². The molecule has 0 radical (unpaired) electrons. The number of rotatable bonds is 6. The summed E-state index contributed by atoms with van der Waals surface area (Å²) in [5, 5.41) is 13.0. The van der Waals surface area contributed by atoms with Crippen molar-refractivity contribution in [2.24, 2.45) is 0 Å². The Balaban J connectivity index is 2.17. The monoisotopic (exact) mass is 454 g/mol. The van der Waals surface area contributed by atoms with Crippen LogP contribution in [0.1, 0.15) is 0 Å². The molecule has 0 fully saturated rings. The van der Waals surface area contributed by atoms with Gasteiger partial charge in [-0.15, -0.1) is 11.8 Å². The van der Waals surface area contributed by atoms with Gasteiger partial charge >= 0.3 is 5.51 Å². The predicted octanol–water partition coefficient (Wildman–Crippen LogP) is 4.27. The van der Waals surface area contributed by atoms with Crippen LogP contribution in [0.15, 0.2) is 52.3 Å². The van der Waals surface area contributed by atoms with E-state index in [0.717, 1.165) is 17.8 Å². The van der Waals surface area contributed by atoms with Gasteiger partial charge in [0, 0.05) is 6.07 Å².